The van der Waals surface area contributed by atoms with E-state index in [2.05, 4.69) is 24.2 Å². The summed E-state index contributed by atoms with van der Waals surface area (Å²) in [6, 6.07) is 10.6. The van der Waals surface area contributed by atoms with Crippen LogP contribution in [-0.2, 0) is 0 Å². The Bertz CT molecular complexity index is 977. The van der Waals surface area contributed by atoms with Crippen molar-refractivity contribution >= 4 is 44.3 Å². The number of nitrogens with one attached hydrogen (secondary N) is 2. The van der Waals surface area contributed by atoms with Crippen LogP contribution in [-0.4, -0.2) is 10.2 Å². The summed E-state index contributed by atoms with van der Waals surface area (Å²) in [5.74, 6) is -0.0103. The molecule has 1 atom stereocenters. The van der Waals surface area contributed by atoms with Crippen LogP contribution in [0.15, 0.2) is 44.1 Å². The molecule has 1 aliphatic heterocycles. The molecule has 0 fully saturated rings. The number of hydrogen-bond donors (Lipinski definition) is 2. The van der Waals surface area contributed by atoms with Gasteiger partial charge in [0.05, 0.1) is 41.4 Å². The average Bonchev–Trinajstić information content (AvgIpc) is 3.25. The van der Waals surface area contributed by atoms with Crippen LogP contribution in [0.1, 0.15) is 18.5 Å². The Balaban J connectivity index is 1.53. The van der Waals surface area contributed by atoms with Crippen molar-refractivity contribution < 1.29 is 8.81 Å². The number of rotatable bonds is 4. The van der Waals surface area contributed by atoms with Crippen LogP contribution in [0.25, 0.3) is 11.5 Å². The molecule has 2 heterocycles. The van der Waals surface area contributed by atoms with Crippen molar-refractivity contribution in [3.05, 3.63) is 56.4 Å². The molecule has 0 bridgehead atoms. The van der Waals surface area contributed by atoms with Crippen molar-refractivity contribution in [2.24, 2.45) is 3.25 Å². The van der Waals surface area contributed by atoms with Crippen LogP contribution >= 0.6 is 32.6 Å². The molecular formula is C16H12ClFIN5O. The number of anilines is 2. The Kier molecular flexibility index (Phi) is 4.38. The maximum absolute atomic E-state index is 13.3. The first-order chi connectivity index (χ1) is 12.1. The molecule has 2 aromatic carbocycles. The quantitative estimate of drug-likeness (QED) is 0.501. The van der Waals surface area contributed by atoms with Crippen LogP contribution in [0.3, 0.4) is 0 Å². The van der Waals surface area contributed by atoms with E-state index in [0.717, 1.165) is 16.8 Å². The predicted molar refractivity (Wildman–Crippen MR) is 102 cm³/mol. The van der Waals surface area contributed by atoms with E-state index in [0.29, 0.717) is 11.9 Å². The monoisotopic (exact) mass is 471 g/mol. The zero-order valence-electron chi connectivity index (χ0n) is 12.9. The molecule has 128 valence electrons. The summed E-state index contributed by atoms with van der Waals surface area (Å²) >= 11 is 5.46. The van der Waals surface area contributed by atoms with E-state index in [1.54, 1.807) is 12.1 Å². The first-order valence-electron chi connectivity index (χ1n) is 7.40. The third kappa shape index (κ3) is 3.36. The highest BCUT2D eigenvalue weighted by Gasteiger charge is 2.15. The van der Waals surface area contributed by atoms with Crippen molar-refractivity contribution in [2.75, 3.05) is 10.7 Å². The van der Waals surface area contributed by atoms with Crippen LogP contribution in [0, 0.1) is 9.39 Å². The smallest absolute Gasteiger partial charge is 0.316 e. The van der Waals surface area contributed by atoms with Crippen LogP contribution in [0.4, 0.5) is 16.1 Å². The summed E-state index contributed by atoms with van der Waals surface area (Å²) in [6.07, 6.45) is 0. The van der Waals surface area contributed by atoms with E-state index in [-0.39, 0.29) is 32.1 Å². The van der Waals surface area contributed by atoms with Gasteiger partial charge in [-0.15, -0.1) is 8.35 Å². The summed E-state index contributed by atoms with van der Waals surface area (Å²) < 4.78 is 24.4. The summed E-state index contributed by atoms with van der Waals surface area (Å²) in [6.45, 7) is 1.90. The highest BCUT2D eigenvalue weighted by atomic mass is 127. The topological polar surface area (TPSA) is 75.3 Å². The molecule has 1 unspecified atom stereocenters. The van der Waals surface area contributed by atoms with Crippen molar-refractivity contribution in [3.63, 3.8) is 0 Å². The molecule has 25 heavy (non-hydrogen) atoms. The van der Waals surface area contributed by atoms with E-state index >= 15 is 0 Å². The van der Waals surface area contributed by atoms with Gasteiger partial charge in [-0.2, -0.15) is 0 Å². The molecule has 3 aromatic rings. The number of nitrogens with zero attached hydrogens (tertiary/aromatic N) is 3. The van der Waals surface area contributed by atoms with Gasteiger partial charge in [0.1, 0.15) is 5.82 Å². The predicted octanol–water partition coefficient (Wildman–Crippen LogP) is 5.37. The molecule has 0 saturated carbocycles. The van der Waals surface area contributed by atoms with Crippen LogP contribution in [0.5, 0.6) is 0 Å². The van der Waals surface area contributed by atoms with E-state index in [9.17, 15) is 4.39 Å². The number of halogens is 3. The fourth-order valence-corrected chi connectivity index (χ4v) is 4.23. The number of hydrogen-bond acceptors (Lipinski definition) is 6. The molecule has 1 aliphatic rings. The van der Waals surface area contributed by atoms with Gasteiger partial charge in [-0.3, -0.25) is 5.43 Å². The summed E-state index contributed by atoms with van der Waals surface area (Å²) in [7, 11) is 0. The van der Waals surface area contributed by atoms with Gasteiger partial charge in [-0.05, 0) is 42.8 Å². The van der Waals surface area contributed by atoms with Gasteiger partial charge in [0.25, 0.3) is 0 Å². The summed E-state index contributed by atoms with van der Waals surface area (Å²) in [5, 5.41) is 11.3. The van der Waals surface area contributed by atoms with Gasteiger partial charge in [0.15, 0.2) is 0 Å². The molecule has 2 N–H and O–H groups in total. The van der Waals surface area contributed by atoms with Gasteiger partial charge in [0.2, 0.25) is 5.89 Å². The fraction of sp³-hybridized carbons (Fsp3) is 0.125. The second kappa shape index (κ2) is 6.68. The second-order valence-corrected chi connectivity index (χ2v) is 7.96. The first kappa shape index (κ1) is 16.4. The van der Waals surface area contributed by atoms with Gasteiger partial charge < -0.3 is 9.73 Å². The molecule has 0 saturated heterocycles. The maximum atomic E-state index is 13.3. The molecule has 0 amide bonds. The fourth-order valence-electron chi connectivity index (χ4n) is 2.37. The van der Waals surface area contributed by atoms with Crippen molar-refractivity contribution in [3.8, 4) is 11.5 Å². The zero-order chi connectivity index (χ0) is 17.4. The minimum absolute atomic E-state index is 0.0813. The third-order valence-corrected chi connectivity index (χ3v) is 5.91. The molecule has 9 heteroatoms. The molecule has 1 aromatic heterocycles. The third-order valence-electron chi connectivity index (χ3n) is 3.72. The van der Waals surface area contributed by atoms with Gasteiger partial charge in [-0.1, -0.05) is 22.8 Å². The zero-order valence-corrected chi connectivity index (χ0v) is 15.8. The van der Waals surface area contributed by atoms with Crippen molar-refractivity contribution in [1.82, 2.24) is 10.2 Å². The lowest BCUT2D eigenvalue weighted by molar-refractivity contribution is 0.573. The largest absolute Gasteiger partial charge is 0.403 e. The van der Waals surface area contributed by atoms with E-state index < -0.39 is 5.82 Å². The van der Waals surface area contributed by atoms with E-state index in [4.69, 9.17) is 16.0 Å². The van der Waals surface area contributed by atoms with Crippen molar-refractivity contribution in [1.29, 1.82) is 0 Å². The van der Waals surface area contributed by atoms with Crippen molar-refractivity contribution in [2.45, 2.75) is 13.0 Å². The highest BCUT2D eigenvalue weighted by molar-refractivity contribution is 14.2. The number of benzene rings is 2. The van der Waals surface area contributed by atoms with Crippen LogP contribution < -0.4 is 10.7 Å². The van der Waals surface area contributed by atoms with Crippen LogP contribution in [0.2, 0.25) is 5.02 Å². The molecule has 0 radical (unpaired) electrons. The summed E-state index contributed by atoms with van der Waals surface area (Å²) in [4.78, 5) is 0. The Morgan fingerprint density at radius 3 is 2.96 bits per heavy atom. The lowest BCUT2D eigenvalue weighted by atomic mass is 10.1. The SMILES string of the molecule is CC(Nc1nnc(-c2ccc3c(c2)I=NN3)o1)c1ccc(F)c(Cl)c1. The minimum Gasteiger partial charge on any atom is -0.403 e. The molecule has 0 aliphatic carbocycles. The van der Waals surface area contributed by atoms with Gasteiger partial charge in [-0.25, -0.2) is 4.39 Å². The summed E-state index contributed by atoms with van der Waals surface area (Å²) in [5.41, 5.74) is 5.71. The second-order valence-electron chi connectivity index (χ2n) is 5.43. The maximum Gasteiger partial charge on any atom is 0.316 e. The average molecular weight is 472 g/mol. The number of aromatic nitrogens is 2. The normalized spacial score (nSPS) is 13.7. The molecule has 4 rings (SSSR count). The Morgan fingerprint density at radius 1 is 1.24 bits per heavy atom. The lowest BCUT2D eigenvalue weighted by Gasteiger charge is -2.12. The minimum atomic E-state index is -0.446. The van der Waals surface area contributed by atoms with Gasteiger partial charge >= 0.3 is 6.01 Å². The van der Waals surface area contributed by atoms with Gasteiger partial charge in [0, 0.05) is 5.56 Å². The van der Waals surface area contributed by atoms with E-state index in [1.165, 1.54) is 9.64 Å². The Hall–Kier alpha value is -2.07. The lowest BCUT2D eigenvalue weighted by Crippen LogP contribution is -2.07. The Morgan fingerprint density at radius 2 is 2.12 bits per heavy atom. The highest BCUT2D eigenvalue weighted by Crippen LogP contribution is 2.33. The standard InChI is InChI=1S/C16H12ClFIN5O/c1-8(9-2-4-12(18)11(17)6-9)20-16-23-22-15(25-16)10-3-5-14-13(7-10)19-24-21-14/h2-8,21H,1H3,(H,20,23). The van der Waals surface area contributed by atoms with E-state index in [1.807, 2.05) is 25.1 Å². The molecule has 0 spiro atoms. The molecule has 6 nitrogen and oxygen atoms in total. The first-order valence-corrected chi connectivity index (χ1v) is 9.82. The number of fused-ring (bicyclic) bond motifs is 1. The Labute approximate surface area is 157 Å². The molecular weight excluding hydrogens is 460 g/mol.